The summed E-state index contributed by atoms with van der Waals surface area (Å²) in [5.41, 5.74) is 15.9. The molecular formula is C29H38Cl2N4O2. The predicted octanol–water partition coefficient (Wildman–Crippen LogP) is 7.21. The molecule has 0 atom stereocenters. The largest absolute Gasteiger partial charge is 0.461 e. The Kier molecular flexibility index (Phi) is 11.1. The number of nitrogens with two attached hydrogens (primary N) is 2. The summed E-state index contributed by atoms with van der Waals surface area (Å²) in [5, 5.41) is 2.14. The Morgan fingerprint density at radius 3 is 1.43 bits per heavy atom. The third-order valence-electron chi connectivity index (χ3n) is 5.87. The van der Waals surface area contributed by atoms with Crippen molar-refractivity contribution in [1.82, 2.24) is 0 Å². The van der Waals surface area contributed by atoms with E-state index in [2.05, 4.69) is 34.3 Å². The van der Waals surface area contributed by atoms with Crippen LogP contribution in [-0.2, 0) is 12.8 Å². The van der Waals surface area contributed by atoms with Gasteiger partial charge in [-0.15, -0.1) is 24.8 Å². The van der Waals surface area contributed by atoms with E-state index in [0.717, 1.165) is 76.7 Å². The summed E-state index contributed by atoms with van der Waals surface area (Å²) in [6.45, 7) is 8.08. The molecule has 8 heteroatoms. The summed E-state index contributed by atoms with van der Waals surface area (Å²) in [4.78, 5) is 8.87. The number of aliphatic imine (C=N–C) groups is 2. The zero-order valence-corrected chi connectivity index (χ0v) is 23.6. The molecule has 2 heterocycles. The van der Waals surface area contributed by atoms with E-state index in [9.17, 15) is 0 Å². The van der Waals surface area contributed by atoms with E-state index in [0.29, 0.717) is 11.7 Å². The van der Waals surface area contributed by atoms with Crippen molar-refractivity contribution in [2.45, 2.75) is 71.9 Å². The number of unbranched alkanes of at least 4 members (excludes halogenated alkanes) is 2. The molecule has 2 aromatic carbocycles. The molecule has 0 radical (unpaired) electrons. The van der Waals surface area contributed by atoms with Gasteiger partial charge in [0.2, 0.25) is 0 Å². The molecule has 0 aliphatic heterocycles. The average molecular weight is 546 g/mol. The molecule has 0 aliphatic rings. The highest BCUT2D eigenvalue weighted by molar-refractivity contribution is 6.01. The van der Waals surface area contributed by atoms with Crippen LogP contribution in [0.3, 0.4) is 0 Å². The number of furan rings is 2. The smallest absolute Gasteiger partial charge is 0.134 e. The van der Waals surface area contributed by atoms with E-state index in [1.54, 1.807) is 0 Å². The summed E-state index contributed by atoms with van der Waals surface area (Å²) >= 11 is 0. The van der Waals surface area contributed by atoms with Gasteiger partial charge in [-0.05, 0) is 89.1 Å². The predicted molar refractivity (Wildman–Crippen MR) is 160 cm³/mol. The molecule has 0 spiro atoms. The summed E-state index contributed by atoms with van der Waals surface area (Å²) in [5.74, 6) is 3.15. The fourth-order valence-electron chi connectivity index (χ4n) is 4.24. The van der Waals surface area contributed by atoms with Crippen LogP contribution in [0.1, 0.15) is 69.6 Å². The Morgan fingerprint density at radius 1 is 0.649 bits per heavy atom. The number of rotatable bonds is 10. The highest BCUT2D eigenvalue weighted by Gasteiger charge is 2.09. The van der Waals surface area contributed by atoms with Gasteiger partial charge in [0.1, 0.15) is 34.4 Å². The van der Waals surface area contributed by atoms with Crippen molar-refractivity contribution in [3.63, 3.8) is 0 Å². The number of nitrogens with zero attached hydrogens (tertiary/aromatic N) is 2. The van der Waals surface area contributed by atoms with Gasteiger partial charge in [0, 0.05) is 46.8 Å². The van der Waals surface area contributed by atoms with Crippen molar-refractivity contribution in [3.05, 3.63) is 71.2 Å². The molecule has 0 fully saturated rings. The lowest BCUT2D eigenvalue weighted by atomic mass is 10.1. The van der Waals surface area contributed by atoms with Crippen LogP contribution >= 0.6 is 24.8 Å². The lowest BCUT2D eigenvalue weighted by molar-refractivity contribution is 0.509. The van der Waals surface area contributed by atoms with Crippen molar-refractivity contribution in [1.29, 1.82) is 0 Å². The highest BCUT2D eigenvalue weighted by Crippen LogP contribution is 2.24. The molecule has 200 valence electrons. The average Bonchev–Trinajstić information content (AvgIpc) is 3.39. The Morgan fingerprint density at radius 2 is 1.05 bits per heavy atom. The molecule has 4 aromatic rings. The van der Waals surface area contributed by atoms with Crippen LogP contribution in [0.25, 0.3) is 21.9 Å². The maximum atomic E-state index is 6.12. The topological polar surface area (TPSA) is 103 Å². The number of halogens is 2. The van der Waals surface area contributed by atoms with E-state index in [4.69, 9.17) is 20.3 Å². The molecule has 0 unspecified atom stereocenters. The van der Waals surface area contributed by atoms with Gasteiger partial charge in [-0.1, -0.05) is 6.42 Å². The van der Waals surface area contributed by atoms with Gasteiger partial charge in [-0.25, -0.2) is 0 Å². The zero-order valence-electron chi connectivity index (χ0n) is 22.0. The molecular weight excluding hydrogens is 507 g/mol. The lowest BCUT2D eigenvalue weighted by Crippen LogP contribution is -2.15. The van der Waals surface area contributed by atoms with Gasteiger partial charge in [-0.3, -0.25) is 9.98 Å². The van der Waals surface area contributed by atoms with Crippen LogP contribution in [0.5, 0.6) is 0 Å². The third kappa shape index (κ3) is 8.01. The first-order valence-corrected chi connectivity index (χ1v) is 12.5. The van der Waals surface area contributed by atoms with E-state index in [1.165, 1.54) is 0 Å². The Balaban J connectivity index is 0.00000241. The monoisotopic (exact) mass is 544 g/mol. The second-order valence-corrected chi connectivity index (χ2v) is 9.71. The van der Waals surface area contributed by atoms with Crippen LogP contribution in [0.4, 0.5) is 0 Å². The summed E-state index contributed by atoms with van der Waals surface area (Å²) in [6.07, 6.45) is 5.06. The first-order chi connectivity index (χ1) is 16.8. The fraction of sp³-hybridized carbons (Fsp3) is 0.379. The Hall–Kier alpha value is -2.96. The second kappa shape index (κ2) is 13.5. The van der Waals surface area contributed by atoms with Gasteiger partial charge < -0.3 is 20.3 Å². The summed E-state index contributed by atoms with van der Waals surface area (Å²) < 4.78 is 12.0. The molecule has 4 rings (SSSR count). The van der Waals surface area contributed by atoms with Crippen molar-refractivity contribution in [2.24, 2.45) is 21.5 Å². The Labute approximate surface area is 231 Å². The van der Waals surface area contributed by atoms with E-state index in [1.807, 2.05) is 52.0 Å². The molecule has 2 aromatic heterocycles. The van der Waals surface area contributed by atoms with Gasteiger partial charge in [-0.2, -0.15) is 0 Å². The summed E-state index contributed by atoms with van der Waals surface area (Å²) in [7, 11) is 0. The minimum Gasteiger partial charge on any atom is -0.461 e. The van der Waals surface area contributed by atoms with Gasteiger partial charge >= 0.3 is 0 Å². The zero-order chi connectivity index (χ0) is 24.9. The number of benzene rings is 2. The number of amidine groups is 2. The van der Waals surface area contributed by atoms with Crippen molar-refractivity contribution in [2.75, 3.05) is 0 Å². The molecule has 0 saturated carbocycles. The Bertz CT molecular complexity index is 1270. The molecule has 37 heavy (non-hydrogen) atoms. The maximum Gasteiger partial charge on any atom is 0.134 e. The minimum absolute atomic E-state index is 0. The third-order valence-corrected chi connectivity index (χ3v) is 5.87. The molecule has 0 saturated heterocycles. The first-order valence-electron chi connectivity index (χ1n) is 12.5. The standard InChI is InChI=1S/C29H36N4O2.2ClH/c1-18(2)32-28(30)20-10-12-26-22(14-20)16-24(34-26)8-6-5-7-9-25-17-23-15-21(11-13-27(23)35-25)29(31)33-19(3)4;;/h10-19H,5-9H2,1-4H3,(H2,30,32)(H2,31,33);2*1H. The SMILES string of the molecule is CC(C)N=C(N)c1ccc2oc(CCCCCc3cc4cc(C(N)=NC(C)C)ccc4o3)cc2c1.Cl.Cl. The fourth-order valence-corrected chi connectivity index (χ4v) is 4.24. The van der Waals surface area contributed by atoms with Crippen LogP contribution in [0.15, 0.2) is 67.4 Å². The van der Waals surface area contributed by atoms with Gasteiger partial charge in [0.05, 0.1) is 0 Å². The van der Waals surface area contributed by atoms with Crippen molar-refractivity contribution < 1.29 is 8.83 Å². The van der Waals surface area contributed by atoms with Crippen molar-refractivity contribution >= 4 is 58.4 Å². The van der Waals surface area contributed by atoms with Crippen LogP contribution in [0, 0.1) is 0 Å². The quantitative estimate of drug-likeness (QED) is 0.125. The van der Waals surface area contributed by atoms with E-state index >= 15 is 0 Å². The van der Waals surface area contributed by atoms with Crippen LogP contribution in [0.2, 0.25) is 0 Å². The molecule has 0 amide bonds. The van der Waals surface area contributed by atoms with Crippen LogP contribution in [-0.4, -0.2) is 23.8 Å². The first kappa shape index (κ1) is 30.3. The summed E-state index contributed by atoms with van der Waals surface area (Å²) in [6, 6.07) is 16.6. The lowest BCUT2D eigenvalue weighted by Gasteiger charge is -2.03. The minimum atomic E-state index is 0. The molecule has 6 nitrogen and oxygen atoms in total. The molecule has 4 N–H and O–H groups in total. The second-order valence-electron chi connectivity index (χ2n) is 9.71. The van der Waals surface area contributed by atoms with E-state index in [-0.39, 0.29) is 36.9 Å². The van der Waals surface area contributed by atoms with Crippen LogP contribution < -0.4 is 11.5 Å². The number of aryl methyl sites for hydroxylation is 2. The molecule has 0 aliphatic carbocycles. The number of hydrogen-bond donors (Lipinski definition) is 2. The maximum absolute atomic E-state index is 6.12. The highest BCUT2D eigenvalue weighted by atomic mass is 35.5. The number of fused-ring (bicyclic) bond motifs is 2. The van der Waals surface area contributed by atoms with Gasteiger partial charge in [0.25, 0.3) is 0 Å². The van der Waals surface area contributed by atoms with E-state index < -0.39 is 0 Å². The van der Waals surface area contributed by atoms with Crippen molar-refractivity contribution in [3.8, 4) is 0 Å². The normalized spacial score (nSPS) is 12.4. The van der Waals surface area contributed by atoms with Gasteiger partial charge in [0.15, 0.2) is 0 Å². The number of hydrogen-bond acceptors (Lipinski definition) is 4. The molecule has 0 bridgehead atoms.